The second-order valence-corrected chi connectivity index (χ2v) is 4.40. The lowest BCUT2D eigenvalue weighted by Gasteiger charge is -2.09. The van der Waals surface area contributed by atoms with E-state index in [0.717, 1.165) is 30.6 Å². The van der Waals surface area contributed by atoms with Gasteiger partial charge in [0.25, 0.3) is 0 Å². The number of hydrogen-bond acceptors (Lipinski definition) is 2. The molecule has 0 heterocycles. The van der Waals surface area contributed by atoms with E-state index in [1.807, 2.05) is 6.07 Å². The molecule has 1 aromatic rings. The first-order valence-electron chi connectivity index (χ1n) is 5.88. The average Bonchev–Trinajstić information content (AvgIpc) is 2.67. The van der Waals surface area contributed by atoms with Crippen LogP contribution >= 0.6 is 0 Å². The van der Waals surface area contributed by atoms with Gasteiger partial charge >= 0.3 is 0 Å². The smallest absolute Gasteiger partial charge is 0.120 e. The van der Waals surface area contributed by atoms with Crippen LogP contribution in [0.1, 0.15) is 36.9 Å². The summed E-state index contributed by atoms with van der Waals surface area (Å²) >= 11 is 0. The lowest BCUT2D eigenvalue weighted by atomic mass is 10.1. The maximum absolute atomic E-state index is 5.99. The fourth-order valence-electron chi connectivity index (χ4n) is 2.00. The molecule has 0 fully saturated rings. The van der Waals surface area contributed by atoms with Crippen LogP contribution in [-0.2, 0) is 6.42 Å². The van der Waals surface area contributed by atoms with Crippen LogP contribution in [0.25, 0.3) is 0 Å². The number of benzene rings is 1. The molecule has 2 N–H and O–H groups in total. The summed E-state index contributed by atoms with van der Waals surface area (Å²) in [5, 5.41) is 0. The van der Waals surface area contributed by atoms with Crippen LogP contribution in [0.2, 0.25) is 0 Å². The lowest BCUT2D eigenvalue weighted by Crippen LogP contribution is -2.05. The second kappa shape index (κ2) is 4.71. The van der Waals surface area contributed by atoms with E-state index in [4.69, 9.17) is 10.5 Å². The molecule has 0 aromatic heterocycles. The molecule has 0 bridgehead atoms. The summed E-state index contributed by atoms with van der Waals surface area (Å²) < 4.78 is 5.68. The molecular formula is C14H19NO. The van der Waals surface area contributed by atoms with Crippen molar-refractivity contribution >= 4 is 0 Å². The monoisotopic (exact) mass is 217 g/mol. The topological polar surface area (TPSA) is 35.2 Å². The van der Waals surface area contributed by atoms with Crippen molar-refractivity contribution in [2.45, 2.75) is 32.2 Å². The molecule has 86 valence electrons. The summed E-state index contributed by atoms with van der Waals surface area (Å²) in [6, 6.07) is 6.43. The van der Waals surface area contributed by atoms with E-state index in [-0.39, 0.29) is 6.04 Å². The van der Waals surface area contributed by atoms with Gasteiger partial charge in [0, 0.05) is 6.04 Å². The van der Waals surface area contributed by atoms with Gasteiger partial charge < -0.3 is 10.5 Å². The van der Waals surface area contributed by atoms with Gasteiger partial charge in [-0.3, -0.25) is 0 Å². The number of rotatable bonds is 4. The number of nitrogens with two attached hydrogens (primary N) is 1. The molecule has 0 spiro atoms. The molecule has 2 nitrogen and oxygen atoms in total. The largest absolute Gasteiger partial charge is 0.489 e. The quantitative estimate of drug-likeness (QED) is 0.787. The second-order valence-electron chi connectivity index (χ2n) is 4.40. The Morgan fingerprint density at radius 1 is 1.56 bits per heavy atom. The van der Waals surface area contributed by atoms with Crippen LogP contribution in [0.3, 0.4) is 0 Å². The highest BCUT2D eigenvalue weighted by Gasteiger charge is 2.18. The zero-order valence-corrected chi connectivity index (χ0v) is 9.83. The highest BCUT2D eigenvalue weighted by Crippen LogP contribution is 2.31. The Bertz CT molecular complexity index is 398. The van der Waals surface area contributed by atoms with Crippen molar-refractivity contribution in [3.63, 3.8) is 0 Å². The molecule has 0 aliphatic heterocycles. The van der Waals surface area contributed by atoms with Crippen LogP contribution in [0.15, 0.2) is 30.4 Å². The number of hydrogen-bond donors (Lipinski definition) is 1. The Labute approximate surface area is 97.1 Å². The minimum Gasteiger partial charge on any atom is -0.489 e. The summed E-state index contributed by atoms with van der Waals surface area (Å²) in [5.74, 6) is 0.933. The van der Waals surface area contributed by atoms with E-state index < -0.39 is 0 Å². The predicted octanol–water partition coefficient (Wildman–Crippen LogP) is 2.98. The SMILES string of the molecule is C=C(CC)COc1ccc2c(c1)CC[C@H]2N. The van der Waals surface area contributed by atoms with Gasteiger partial charge in [-0.2, -0.15) is 0 Å². The average molecular weight is 217 g/mol. The lowest BCUT2D eigenvalue weighted by molar-refractivity contribution is 0.349. The molecule has 0 unspecified atom stereocenters. The van der Waals surface area contributed by atoms with Crippen molar-refractivity contribution in [3.05, 3.63) is 41.5 Å². The number of fused-ring (bicyclic) bond motifs is 1. The molecular weight excluding hydrogens is 198 g/mol. The third-order valence-corrected chi connectivity index (χ3v) is 3.18. The summed E-state index contributed by atoms with van der Waals surface area (Å²) in [6.07, 6.45) is 3.10. The molecule has 1 aromatic carbocycles. The predicted molar refractivity (Wildman–Crippen MR) is 66.6 cm³/mol. The van der Waals surface area contributed by atoms with Crippen LogP contribution in [0.4, 0.5) is 0 Å². The Hall–Kier alpha value is -1.28. The van der Waals surface area contributed by atoms with Gasteiger partial charge in [0.2, 0.25) is 0 Å². The standard InChI is InChI=1S/C14H19NO/c1-3-10(2)9-16-12-5-6-13-11(8-12)4-7-14(13)15/h5-6,8,14H,2-4,7,9,15H2,1H3/t14-/m1/s1. The van der Waals surface area contributed by atoms with Gasteiger partial charge in [0.05, 0.1) is 0 Å². The highest BCUT2D eigenvalue weighted by atomic mass is 16.5. The molecule has 1 aliphatic carbocycles. The third-order valence-electron chi connectivity index (χ3n) is 3.18. The van der Waals surface area contributed by atoms with Crippen molar-refractivity contribution < 1.29 is 4.74 Å². The van der Waals surface area contributed by atoms with Crippen LogP contribution < -0.4 is 10.5 Å². The Morgan fingerprint density at radius 3 is 3.12 bits per heavy atom. The molecule has 1 aliphatic rings. The fourth-order valence-corrected chi connectivity index (χ4v) is 2.00. The molecule has 0 amide bonds. The van der Waals surface area contributed by atoms with Crippen molar-refractivity contribution in [2.24, 2.45) is 5.73 Å². The minimum absolute atomic E-state index is 0.217. The van der Waals surface area contributed by atoms with Gasteiger partial charge in [0.1, 0.15) is 12.4 Å². The summed E-state index contributed by atoms with van der Waals surface area (Å²) in [7, 11) is 0. The first kappa shape index (κ1) is 11.2. The summed E-state index contributed by atoms with van der Waals surface area (Å²) in [5.41, 5.74) is 9.73. The van der Waals surface area contributed by atoms with Crippen molar-refractivity contribution in [1.29, 1.82) is 0 Å². The number of aryl methyl sites for hydroxylation is 1. The van der Waals surface area contributed by atoms with Gasteiger partial charge in [-0.25, -0.2) is 0 Å². The maximum Gasteiger partial charge on any atom is 0.120 e. The van der Waals surface area contributed by atoms with E-state index in [9.17, 15) is 0 Å². The Kier molecular flexibility index (Phi) is 3.30. The molecule has 16 heavy (non-hydrogen) atoms. The van der Waals surface area contributed by atoms with Crippen molar-refractivity contribution in [2.75, 3.05) is 6.61 Å². The van der Waals surface area contributed by atoms with Gasteiger partial charge in [-0.05, 0) is 48.1 Å². The molecule has 2 rings (SSSR count). The van der Waals surface area contributed by atoms with Gasteiger partial charge in [-0.15, -0.1) is 0 Å². The molecule has 0 radical (unpaired) electrons. The van der Waals surface area contributed by atoms with E-state index in [2.05, 4.69) is 25.6 Å². The highest BCUT2D eigenvalue weighted by molar-refractivity contribution is 5.40. The number of ether oxygens (including phenoxy) is 1. The molecule has 2 heteroatoms. The van der Waals surface area contributed by atoms with Crippen molar-refractivity contribution in [1.82, 2.24) is 0 Å². The molecule has 1 atom stereocenters. The summed E-state index contributed by atoms with van der Waals surface area (Å²) in [6.45, 7) is 6.63. The van der Waals surface area contributed by atoms with Crippen LogP contribution in [0.5, 0.6) is 5.75 Å². The van der Waals surface area contributed by atoms with E-state index in [0.29, 0.717) is 6.61 Å². The third kappa shape index (κ3) is 2.27. The fraction of sp³-hybridized carbons (Fsp3) is 0.429. The maximum atomic E-state index is 5.99. The Morgan fingerprint density at radius 2 is 2.38 bits per heavy atom. The molecule has 0 saturated carbocycles. The first-order chi connectivity index (χ1) is 7.70. The molecule has 0 saturated heterocycles. The zero-order valence-electron chi connectivity index (χ0n) is 9.83. The van der Waals surface area contributed by atoms with Gasteiger partial charge in [-0.1, -0.05) is 19.6 Å². The minimum atomic E-state index is 0.217. The van der Waals surface area contributed by atoms with Crippen LogP contribution in [-0.4, -0.2) is 6.61 Å². The van der Waals surface area contributed by atoms with Crippen molar-refractivity contribution in [3.8, 4) is 5.75 Å². The zero-order chi connectivity index (χ0) is 11.5. The normalized spacial score (nSPS) is 18.2. The summed E-state index contributed by atoms with van der Waals surface area (Å²) in [4.78, 5) is 0. The van der Waals surface area contributed by atoms with E-state index >= 15 is 0 Å². The first-order valence-corrected chi connectivity index (χ1v) is 5.88. The van der Waals surface area contributed by atoms with E-state index in [1.165, 1.54) is 11.1 Å². The van der Waals surface area contributed by atoms with Crippen LogP contribution in [0, 0.1) is 0 Å². The van der Waals surface area contributed by atoms with E-state index in [1.54, 1.807) is 0 Å². The Balaban J connectivity index is 2.05. The van der Waals surface area contributed by atoms with Gasteiger partial charge in [0.15, 0.2) is 0 Å².